The van der Waals surface area contributed by atoms with Gasteiger partial charge in [-0.15, -0.1) is 0 Å². The maximum absolute atomic E-state index is 4.38. The maximum atomic E-state index is 4.38. The molecule has 2 aromatic heterocycles. The van der Waals surface area contributed by atoms with Gasteiger partial charge in [-0.1, -0.05) is 0 Å². The van der Waals surface area contributed by atoms with Crippen molar-refractivity contribution >= 4 is 27.1 Å². The lowest BCUT2D eigenvalue weighted by atomic mass is 10.4. The predicted molar refractivity (Wildman–Crippen MR) is 58.0 cm³/mol. The molecule has 0 N–H and O–H groups in total. The van der Waals surface area contributed by atoms with E-state index in [1.807, 2.05) is 18.6 Å². The fraction of sp³-hybridized carbons (Fsp3) is 0.400. The van der Waals surface area contributed by atoms with Crippen molar-refractivity contribution in [2.75, 3.05) is 0 Å². The summed E-state index contributed by atoms with van der Waals surface area (Å²) >= 11 is 3.39. The molecule has 0 atom stereocenters. The first-order chi connectivity index (χ1) is 6.83. The summed E-state index contributed by atoms with van der Waals surface area (Å²) in [6.07, 6.45) is 6.43. The molecule has 0 amide bonds. The summed E-state index contributed by atoms with van der Waals surface area (Å²) in [5.74, 6) is 0.859. The summed E-state index contributed by atoms with van der Waals surface area (Å²) in [5, 5.41) is 0. The molecule has 4 heteroatoms. The predicted octanol–water partition coefficient (Wildman–Crippen LogP) is 2.60. The minimum Gasteiger partial charge on any atom is -0.315 e. The molecular weight excluding hydrogens is 242 g/mol. The second kappa shape index (κ2) is 3.05. The Labute approximate surface area is 90.3 Å². The van der Waals surface area contributed by atoms with E-state index in [9.17, 15) is 0 Å². The summed E-state index contributed by atoms with van der Waals surface area (Å²) in [6, 6.07) is 2.01. The lowest BCUT2D eigenvalue weighted by Gasteiger charge is -2.00. The molecule has 3 nitrogen and oxygen atoms in total. The molecular formula is C10H10BrN3. The van der Waals surface area contributed by atoms with Crippen LogP contribution in [0, 0.1) is 5.92 Å². The molecule has 14 heavy (non-hydrogen) atoms. The third-order valence-electron chi connectivity index (χ3n) is 2.57. The number of hydrogen-bond donors (Lipinski definition) is 0. The van der Waals surface area contributed by atoms with Gasteiger partial charge in [0, 0.05) is 17.2 Å². The van der Waals surface area contributed by atoms with Crippen LogP contribution >= 0.6 is 15.9 Å². The molecule has 2 heterocycles. The Morgan fingerprint density at radius 1 is 1.43 bits per heavy atom. The molecule has 1 aliphatic rings. The van der Waals surface area contributed by atoms with Crippen molar-refractivity contribution in [3.63, 3.8) is 0 Å². The number of hydrogen-bond acceptors (Lipinski definition) is 2. The van der Waals surface area contributed by atoms with E-state index in [0.717, 1.165) is 28.1 Å². The van der Waals surface area contributed by atoms with Crippen molar-refractivity contribution in [3.05, 3.63) is 23.1 Å². The molecule has 0 spiro atoms. The topological polar surface area (TPSA) is 30.7 Å². The van der Waals surface area contributed by atoms with E-state index < -0.39 is 0 Å². The zero-order valence-electron chi connectivity index (χ0n) is 7.65. The minimum atomic E-state index is 0.859. The highest BCUT2D eigenvalue weighted by Gasteiger charge is 2.22. The second-order valence-electron chi connectivity index (χ2n) is 3.84. The number of pyridine rings is 1. The highest BCUT2D eigenvalue weighted by Crippen LogP contribution is 2.31. The molecule has 2 aromatic rings. The molecule has 0 aliphatic heterocycles. The van der Waals surface area contributed by atoms with Crippen molar-refractivity contribution in [3.8, 4) is 0 Å². The fourth-order valence-corrected chi connectivity index (χ4v) is 1.96. The van der Waals surface area contributed by atoms with Gasteiger partial charge in [0.25, 0.3) is 0 Å². The molecule has 3 rings (SSSR count). The summed E-state index contributed by atoms with van der Waals surface area (Å²) in [5.41, 5.74) is 1.97. The van der Waals surface area contributed by atoms with Gasteiger partial charge in [-0.05, 0) is 40.8 Å². The van der Waals surface area contributed by atoms with E-state index >= 15 is 0 Å². The van der Waals surface area contributed by atoms with Crippen molar-refractivity contribution in [2.24, 2.45) is 5.92 Å². The molecule has 0 radical (unpaired) electrons. The fourth-order valence-electron chi connectivity index (χ4n) is 1.64. The first-order valence-corrected chi connectivity index (χ1v) is 5.58. The normalized spacial score (nSPS) is 16.4. The van der Waals surface area contributed by atoms with Gasteiger partial charge in [-0.25, -0.2) is 9.97 Å². The highest BCUT2D eigenvalue weighted by molar-refractivity contribution is 9.10. The number of aromatic nitrogens is 3. The van der Waals surface area contributed by atoms with E-state index in [0.29, 0.717) is 0 Å². The quantitative estimate of drug-likeness (QED) is 0.822. The zero-order chi connectivity index (χ0) is 9.54. The van der Waals surface area contributed by atoms with Gasteiger partial charge >= 0.3 is 0 Å². The van der Waals surface area contributed by atoms with Gasteiger partial charge in [0.15, 0.2) is 5.65 Å². The second-order valence-corrected chi connectivity index (χ2v) is 4.75. The number of fused-ring (bicyclic) bond motifs is 1. The average Bonchev–Trinajstić information content (AvgIpc) is 2.89. The van der Waals surface area contributed by atoms with Crippen molar-refractivity contribution in [1.82, 2.24) is 14.5 Å². The van der Waals surface area contributed by atoms with E-state index in [1.54, 1.807) is 0 Å². The first kappa shape index (κ1) is 8.41. The average molecular weight is 252 g/mol. The monoisotopic (exact) mass is 251 g/mol. The zero-order valence-corrected chi connectivity index (χ0v) is 9.24. The van der Waals surface area contributed by atoms with Crippen LogP contribution in [0.1, 0.15) is 12.8 Å². The summed E-state index contributed by atoms with van der Waals surface area (Å²) in [6.45, 7) is 1.07. The van der Waals surface area contributed by atoms with Crippen LogP contribution in [-0.2, 0) is 6.54 Å². The number of nitrogens with zero attached hydrogens (tertiary/aromatic N) is 3. The van der Waals surface area contributed by atoms with Gasteiger partial charge in [-0.2, -0.15) is 0 Å². The molecule has 0 bridgehead atoms. The first-order valence-electron chi connectivity index (χ1n) is 4.79. The molecule has 1 fully saturated rings. The van der Waals surface area contributed by atoms with Crippen LogP contribution in [0.25, 0.3) is 11.2 Å². The number of rotatable bonds is 2. The Bertz CT molecular complexity index is 473. The number of halogens is 1. The SMILES string of the molecule is Brc1cnc2c(c1)ncn2CC1CC1. The Balaban J connectivity index is 2.06. The Morgan fingerprint density at radius 3 is 3.07 bits per heavy atom. The third-order valence-corrected chi connectivity index (χ3v) is 3.01. The van der Waals surface area contributed by atoms with Crippen LogP contribution in [0.2, 0.25) is 0 Å². The largest absolute Gasteiger partial charge is 0.315 e. The van der Waals surface area contributed by atoms with Crippen LogP contribution in [0.15, 0.2) is 23.1 Å². The van der Waals surface area contributed by atoms with Crippen LogP contribution in [0.5, 0.6) is 0 Å². The third kappa shape index (κ3) is 1.43. The lowest BCUT2D eigenvalue weighted by Crippen LogP contribution is -1.98. The Hall–Kier alpha value is -0.900. The minimum absolute atomic E-state index is 0.859. The summed E-state index contributed by atoms with van der Waals surface area (Å²) < 4.78 is 3.14. The smallest absolute Gasteiger partial charge is 0.159 e. The van der Waals surface area contributed by atoms with E-state index in [-0.39, 0.29) is 0 Å². The molecule has 0 unspecified atom stereocenters. The summed E-state index contributed by atoms with van der Waals surface area (Å²) in [4.78, 5) is 8.71. The molecule has 0 aromatic carbocycles. The van der Waals surface area contributed by atoms with Crippen LogP contribution < -0.4 is 0 Å². The van der Waals surface area contributed by atoms with Gasteiger partial charge in [0.1, 0.15) is 5.52 Å². The summed E-state index contributed by atoms with van der Waals surface area (Å²) in [7, 11) is 0. The molecule has 1 saturated carbocycles. The lowest BCUT2D eigenvalue weighted by molar-refractivity contribution is 0.638. The van der Waals surface area contributed by atoms with Gasteiger partial charge in [0.2, 0.25) is 0 Å². The van der Waals surface area contributed by atoms with E-state index in [2.05, 4.69) is 30.5 Å². The van der Waals surface area contributed by atoms with E-state index in [1.165, 1.54) is 12.8 Å². The van der Waals surface area contributed by atoms with E-state index in [4.69, 9.17) is 0 Å². The molecule has 72 valence electrons. The standard InChI is InChI=1S/C10H10BrN3/c11-8-3-9-10(12-4-8)14(6-13-9)5-7-1-2-7/h3-4,6-7H,1-2,5H2. The Kier molecular flexibility index (Phi) is 1.83. The molecule has 1 aliphatic carbocycles. The van der Waals surface area contributed by atoms with Crippen LogP contribution in [0.4, 0.5) is 0 Å². The molecule has 0 saturated heterocycles. The van der Waals surface area contributed by atoms with Crippen molar-refractivity contribution in [2.45, 2.75) is 19.4 Å². The van der Waals surface area contributed by atoms with Crippen LogP contribution in [-0.4, -0.2) is 14.5 Å². The van der Waals surface area contributed by atoms with Gasteiger partial charge < -0.3 is 4.57 Å². The van der Waals surface area contributed by atoms with Crippen LogP contribution in [0.3, 0.4) is 0 Å². The number of imidazole rings is 1. The highest BCUT2D eigenvalue weighted by atomic mass is 79.9. The van der Waals surface area contributed by atoms with Gasteiger partial charge in [0.05, 0.1) is 6.33 Å². The van der Waals surface area contributed by atoms with Crippen molar-refractivity contribution in [1.29, 1.82) is 0 Å². The van der Waals surface area contributed by atoms with Gasteiger partial charge in [-0.3, -0.25) is 0 Å². The van der Waals surface area contributed by atoms with Crippen molar-refractivity contribution < 1.29 is 0 Å². The maximum Gasteiger partial charge on any atom is 0.159 e. The Morgan fingerprint density at radius 2 is 2.29 bits per heavy atom.